The summed E-state index contributed by atoms with van der Waals surface area (Å²) < 4.78 is 0. The highest BCUT2D eigenvalue weighted by molar-refractivity contribution is 5.25. The van der Waals surface area contributed by atoms with Crippen LogP contribution >= 0.6 is 0 Å². The summed E-state index contributed by atoms with van der Waals surface area (Å²) in [5.74, 6) is 0.637. The molecule has 0 saturated carbocycles. The van der Waals surface area contributed by atoms with E-state index in [1.54, 1.807) is 0 Å². The van der Waals surface area contributed by atoms with Crippen LogP contribution in [-0.2, 0) is 6.42 Å². The van der Waals surface area contributed by atoms with Crippen LogP contribution in [0, 0.1) is 0 Å². The minimum Gasteiger partial charge on any atom is -0.304 e. The minimum absolute atomic E-state index is 0.637. The molecular formula is C17H28N2. The molecule has 0 atom stereocenters. The zero-order valence-electron chi connectivity index (χ0n) is 12.7. The number of piperazine rings is 1. The largest absolute Gasteiger partial charge is 0.304 e. The first-order valence-electron chi connectivity index (χ1n) is 7.65. The summed E-state index contributed by atoms with van der Waals surface area (Å²) >= 11 is 0. The smallest absolute Gasteiger partial charge is 0.0110 e. The third-order valence-corrected chi connectivity index (χ3v) is 4.15. The van der Waals surface area contributed by atoms with Crippen LogP contribution in [0.1, 0.15) is 37.3 Å². The molecule has 1 saturated heterocycles. The fraction of sp³-hybridized carbons (Fsp3) is 0.647. The van der Waals surface area contributed by atoms with Crippen molar-refractivity contribution in [2.24, 2.45) is 0 Å². The van der Waals surface area contributed by atoms with Crippen molar-refractivity contribution >= 4 is 0 Å². The lowest BCUT2D eigenvalue weighted by Crippen LogP contribution is -2.44. The van der Waals surface area contributed by atoms with Crippen LogP contribution in [0.4, 0.5) is 0 Å². The van der Waals surface area contributed by atoms with Gasteiger partial charge in [-0.25, -0.2) is 0 Å². The minimum atomic E-state index is 0.637. The molecular weight excluding hydrogens is 232 g/mol. The molecule has 106 valence electrons. The van der Waals surface area contributed by atoms with Crippen molar-refractivity contribution in [2.45, 2.75) is 32.6 Å². The Hall–Kier alpha value is -0.860. The Balaban J connectivity index is 1.75. The first-order chi connectivity index (χ1) is 9.15. The second-order valence-electron chi connectivity index (χ2n) is 6.15. The third kappa shape index (κ3) is 4.63. The molecule has 1 aromatic carbocycles. The van der Waals surface area contributed by atoms with Gasteiger partial charge in [0.05, 0.1) is 0 Å². The van der Waals surface area contributed by atoms with Crippen molar-refractivity contribution in [3.8, 4) is 0 Å². The molecule has 0 N–H and O–H groups in total. The van der Waals surface area contributed by atoms with Crippen LogP contribution in [0.5, 0.6) is 0 Å². The van der Waals surface area contributed by atoms with Crippen molar-refractivity contribution in [3.05, 3.63) is 35.4 Å². The quantitative estimate of drug-likeness (QED) is 0.803. The third-order valence-electron chi connectivity index (χ3n) is 4.15. The molecule has 0 unspecified atom stereocenters. The van der Waals surface area contributed by atoms with E-state index >= 15 is 0 Å². The topological polar surface area (TPSA) is 6.48 Å². The molecule has 2 heteroatoms. The van der Waals surface area contributed by atoms with E-state index < -0.39 is 0 Å². The Kier molecular flexibility index (Phi) is 5.41. The summed E-state index contributed by atoms with van der Waals surface area (Å²) in [4.78, 5) is 5.02. The molecule has 1 aromatic rings. The van der Waals surface area contributed by atoms with Gasteiger partial charge in [0.1, 0.15) is 0 Å². The number of likely N-dealkylation sites (N-methyl/N-ethyl adjacent to an activating group) is 1. The molecule has 0 amide bonds. The van der Waals surface area contributed by atoms with E-state index in [0.29, 0.717) is 5.92 Å². The summed E-state index contributed by atoms with van der Waals surface area (Å²) in [7, 11) is 2.22. The van der Waals surface area contributed by atoms with Crippen LogP contribution < -0.4 is 0 Å². The number of hydrogen-bond acceptors (Lipinski definition) is 2. The maximum atomic E-state index is 2.60. The van der Waals surface area contributed by atoms with E-state index in [9.17, 15) is 0 Å². The van der Waals surface area contributed by atoms with Gasteiger partial charge in [-0.3, -0.25) is 0 Å². The van der Waals surface area contributed by atoms with E-state index in [-0.39, 0.29) is 0 Å². The van der Waals surface area contributed by atoms with Gasteiger partial charge >= 0.3 is 0 Å². The highest BCUT2D eigenvalue weighted by atomic mass is 15.2. The molecule has 0 bridgehead atoms. The van der Waals surface area contributed by atoms with Gasteiger partial charge in [0, 0.05) is 26.2 Å². The van der Waals surface area contributed by atoms with Crippen LogP contribution in [0.25, 0.3) is 0 Å². The molecule has 1 aliphatic rings. The lowest BCUT2D eigenvalue weighted by molar-refractivity contribution is 0.153. The fourth-order valence-electron chi connectivity index (χ4n) is 2.69. The number of nitrogens with zero attached hydrogens (tertiary/aromatic N) is 2. The number of rotatable bonds is 5. The lowest BCUT2D eigenvalue weighted by atomic mass is 9.99. The molecule has 0 radical (unpaired) electrons. The second kappa shape index (κ2) is 7.06. The van der Waals surface area contributed by atoms with Gasteiger partial charge in [-0.1, -0.05) is 38.1 Å². The molecule has 0 spiro atoms. The van der Waals surface area contributed by atoms with E-state index in [1.165, 1.54) is 56.7 Å². The van der Waals surface area contributed by atoms with Gasteiger partial charge in [-0.05, 0) is 43.5 Å². The van der Waals surface area contributed by atoms with Crippen molar-refractivity contribution in [3.63, 3.8) is 0 Å². The summed E-state index contributed by atoms with van der Waals surface area (Å²) in [5, 5.41) is 0. The van der Waals surface area contributed by atoms with Crippen molar-refractivity contribution in [1.29, 1.82) is 0 Å². The van der Waals surface area contributed by atoms with Gasteiger partial charge in [0.25, 0.3) is 0 Å². The monoisotopic (exact) mass is 260 g/mol. The molecule has 2 rings (SSSR count). The number of hydrogen-bond donors (Lipinski definition) is 0. The van der Waals surface area contributed by atoms with Gasteiger partial charge in [-0.2, -0.15) is 0 Å². The average molecular weight is 260 g/mol. The summed E-state index contributed by atoms with van der Waals surface area (Å²) in [6.45, 7) is 10.7. The lowest BCUT2D eigenvalue weighted by Gasteiger charge is -2.32. The first kappa shape index (κ1) is 14.5. The van der Waals surface area contributed by atoms with Gasteiger partial charge in [0.2, 0.25) is 0 Å². The molecule has 0 aliphatic carbocycles. The van der Waals surface area contributed by atoms with Gasteiger partial charge in [0.15, 0.2) is 0 Å². The Morgan fingerprint density at radius 2 is 1.84 bits per heavy atom. The number of benzene rings is 1. The summed E-state index contributed by atoms with van der Waals surface area (Å²) in [6.07, 6.45) is 2.50. The highest BCUT2D eigenvalue weighted by Crippen LogP contribution is 2.16. The average Bonchev–Trinajstić information content (AvgIpc) is 2.41. The van der Waals surface area contributed by atoms with Crippen molar-refractivity contribution in [2.75, 3.05) is 39.8 Å². The van der Waals surface area contributed by atoms with Crippen LogP contribution in [0.15, 0.2) is 24.3 Å². The van der Waals surface area contributed by atoms with Gasteiger partial charge in [-0.15, -0.1) is 0 Å². The summed E-state index contributed by atoms with van der Waals surface area (Å²) in [6, 6.07) is 9.11. The van der Waals surface area contributed by atoms with Gasteiger partial charge < -0.3 is 9.80 Å². The maximum Gasteiger partial charge on any atom is 0.0110 e. The molecule has 1 heterocycles. The Morgan fingerprint density at radius 3 is 2.53 bits per heavy atom. The molecule has 1 fully saturated rings. The van der Waals surface area contributed by atoms with Crippen LogP contribution in [0.3, 0.4) is 0 Å². The van der Waals surface area contributed by atoms with Crippen LogP contribution in [-0.4, -0.2) is 49.6 Å². The maximum absolute atomic E-state index is 2.60. The second-order valence-corrected chi connectivity index (χ2v) is 6.15. The standard InChI is InChI=1S/C17H28N2/c1-15(2)17-8-4-6-16(14-17)7-5-9-19-12-10-18(3)11-13-19/h4,6,8,14-15H,5,7,9-13H2,1-3H3. The van der Waals surface area contributed by atoms with E-state index in [1.807, 2.05) is 0 Å². The zero-order valence-corrected chi connectivity index (χ0v) is 12.7. The predicted octanol–water partition coefficient (Wildman–Crippen LogP) is 2.99. The SMILES string of the molecule is CC(C)c1cccc(CCCN2CCN(C)CC2)c1. The van der Waals surface area contributed by atoms with E-state index in [4.69, 9.17) is 0 Å². The van der Waals surface area contributed by atoms with Crippen molar-refractivity contribution < 1.29 is 0 Å². The Morgan fingerprint density at radius 1 is 1.11 bits per heavy atom. The fourth-order valence-corrected chi connectivity index (χ4v) is 2.69. The number of aryl methyl sites for hydroxylation is 1. The Bertz CT molecular complexity index is 379. The predicted molar refractivity (Wildman–Crippen MR) is 82.8 cm³/mol. The molecule has 1 aliphatic heterocycles. The zero-order chi connectivity index (χ0) is 13.7. The van der Waals surface area contributed by atoms with Crippen LogP contribution in [0.2, 0.25) is 0 Å². The normalized spacial score (nSPS) is 18.1. The summed E-state index contributed by atoms with van der Waals surface area (Å²) in [5.41, 5.74) is 2.97. The van der Waals surface area contributed by atoms with Crippen molar-refractivity contribution in [1.82, 2.24) is 9.80 Å². The molecule has 0 aromatic heterocycles. The van der Waals surface area contributed by atoms with E-state index in [0.717, 1.165) is 0 Å². The molecule has 19 heavy (non-hydrogen) atoms. The van der Waals surface area contributed by atoms with E-state index in [2.05, 4.69) is 55.0 Å². The highest BCUT2D eigenvalue weighted by Gasteiger charge is 2.12. The molecule has 2 nitrogen and oxygen atoms in total. The Labute approximate surface area is 118 Å². The first-order valence-corrected chi connectivity index (χ1v) is 7.65.